The number of rotatable bonds is 8. The van der Waals surface area contributed by atoms with Crippen molar-refractivity contribution in [3.8, 4) is 28.9 Å². The van der Waals surface area contributed by atoms with E-state index in [1.54, 1.807) is 36.4 Å². The fraction of sp³-hybridized carbons (Fsp3) is 0.0476. The van der Waals surface area contributed by atoms with Crippen LogP contribution in [0.3, 0.4) is 0 Å². The van der Waals surface area contributed by atoms with E-state index in [0.717, 1.165) is 11.0 Å². The van der Waals surface area contributed by atoms with Gasteiger partial charge in [0.25, 0.3) is 10.0 Å². The van der Waals surface area contributed by atoms with Gasteiger partial charge in [-0.1, -0.05) is 23.7 Å². The summed E-state index contributed by atoms with van der Waals surface area (Å²) in [7, 11) is -2.50. The first kappa shape index (κ1) is 22.6. The third-order valence-corrected chi connectivity index (χ3v) is 6.02. The standard InChI is InChI=1S/C21H16ClN5O4S2/c1-30-15-5-2-3-6-16(15)31-17-18(22)25-21(20-23-9-4-10-24-20)26-19(17)27-33(28,29)12-8-14-7-11-32-13-14/h2-13H,1H3,(H,25,26,27). The molecule has 0 unspecified atom stereocenters. The number of ether oxygens (including phenoxy) is 2. The Balaban J connectivity index is 1.76. The van der Waals surface area contributed by atoms with E-state index in [1.807, 2.05) is 10.8 Å². The Kier molecular flexibility index (Phi) is 6.82. The quantitative estimate of drug-likeness (QED) is 0.340. The molecule has 0 atom stereocenters. The molecule has 0 saturated carbocycles. The number of aromatic nitrogens is 4. The minimum Gasteiger partial charge on any atom is -0.493 e. The molecule has 4 rings (SSSR count). The maximum Gasteiger partial charge on any atom is 0.256 e. The first-order valence-corrected chi connectivity index (χ1v) is 12.2. The van der Waals surface area contributed by atoms with Gasteiger partial charge in [-0.2, -0.15) is 11.3 Å². The maximum atomic E-state index is 12.8. The van der Waals surface area contributed by atoms with Crippen LogP contribution in [-0.2, 0) is 10.0 Å². The van der Waals surface area contributed by atoms with Gasteiger partial charge in [0.05, 0.1) is 12.5 Å². The Morgan fingerprint density at radius 3 is 2.48 bits per heavy atom. The van der Waals surface area contributed by atoms with Crippen molar-refractivity contribution in [2.24, 2.45) is 0 Å². The maximum absolute atomic E-state index is 12.8. The van der Waals surface area contributed by atoms with Gasteiger partial charge < -0.3 is 9.47 Å². The summed E-state index contributed by atoms with van der Waals surface area (Å²) in [5.74, 6) is 0.607. The zero-order valence-electron chi connectivity index (χ0n) is 17.0. The molecule has 33 heavy (non-hydrogen) atoms. The topological polar surface area (TPSA) is 116 Å². The van der Waals surface area contributed by atoms with Crippen molar-refractivity contribution in [1.82, 2.24) is 19.9 Å². The zero-order valence-corrected chi connectivity index (χ0v) is 19.4. The summed E-state index contributed by atoms with van der Waals surface area (Å²) < 4.78 is 39.1. The summed E-state index contributed by atoms with van der Waals surface area (Å²) in [4.78, 5) is 16.6. The Labute approximate surface area is 198 Å². The highest BCUT2D eigenvalue weighted by Crippen LogP contribution is 2.39. The van der Waals surface area contributed by atoms with E-state index < -0.39 is 10.0 Å². The van der Waals surface area contributed by atoms with Crippen LogP contribution < -0.4 is 14.2 Å². The van der Waals surface area contributed by atoms with Crippen LogP contribution in [0, 0.1) is 0 Å². The number of nitrogens with one attached hydrogen (secondary N) is 1. The zero-order chi connectivity index (χ0) is 23.3. The molecule has 0 amide bonds. The number of hydrogen-bond donors (Lipinski definition) is 1. The Bertz CT molecular complexity index is 1380. The molecule has 9 nitrogen and oxygen atoms in total. The number of anilines is 1. The van der Waals surface area contributed by atoms with Crippen molar-refractivity contribution in [3.63, 3.8) is 0 Å². The smallest absolute Gasteiger partial charge is 0.256 e. The van der Waals surface area contributed by atoms with Crippen LogP contribution >= 0.6 is 22.9 Å². The number of para-hydroxylation sites is 2. The first-order valence-electron chi connectivity index (χ1n) is 9.34. The third-order valence-electron chi connectivity index (χ3n) is 4.09. The molecule has 0 aliphatic heterocycles. The average Bonchev–Trinajstić information content (AvgIpc) is 3.34. The molecule has 168 valence electrons. The van der Waals surface area contributed by atoms with E-state index in [2.05, 4.69) is 24.7 Å². The van der Waals surface area contributed by atoms with E-state index >= 15 is 0 Å². The van der Waals surface area contributed by atoms with Gasteiger partial charge in [-0.3, -0.25) is 4.72 Å². The van der Waals surface area contributed by atoms with E-state index in [0.29, 0.717) is 11.5 Å². The van der Waals surface area contributed by atoms with E-state index in [4.69, 9.17) is 21.1 Å². The summed E-state index contributed by atoms with van der Waals surface area (Å²) in [5.41, 5.74) is 0.745. The largest absolute Gasteiger partial charge is 0.493 e. The molecular formula is C21H16ClN5O4S2. The minimum absolute atomic E-state index is 0.0208. The molecule has 1 aromatic carbocycles. The van der Waals surface area contributed by atoms with Crippen molar-refractivity contribution in [3.05, 3.63) is 75.7 Å². The van der Waals surface area contributed by atoms with Crippen LogP contribution in [0.2, 0.25) is 5.15 Å². The van der Waals surface area contributed by atoms with Gasteiger partial charge in [-0.25, -0.2) is 28.4 Å². The van der Waals surface area contributed by atoms with Crippen LogP contribution in [0.5, 0.6) is 17.2 Å². The van der Waals surface area contributed by atoms with E-state index in [-0.39, 0.29) is 28.4 Å². The normalized spacial score (nSPS) is 11.5. The highest BCUT2D eigenvalue weighted by Gasteiger charge is 2.22. The number of nitrogens with zero attached hydrogens (tertiary/aromatic N) is 4. The lowest BCUT2D eigenvalue weighted by atomic mass is 10.3. The van der Waals surface area contributed by atoms with E-state index in [1.165, 1.54) is 36.9 Å². The van der Waals surface area contributed by atoms with Crippen molar-refractivity contribution >= 4 is 44.9 Å². The third kappa shape index (κ3) is 5.64. The summed E-state index contributed by atoms with van der Waals surface area (Å²) in [6.07, 6.45) is 4.47. The van der Waals surface area contributed by atoms with Gasteiger partial charge in [-0.15, -0.1) is 0 Å². The molecule has 0 fully saturated rings. The Morgan fingerprint density at radius 1 is 1.03 bits per heavy atom. The van der Waals surface area contributed by atoms with E-state index in [9.17, 15) is 8.42 Å². The summed E-state index contributed by atoms with van der Waals surface area (Å²) >= 11 is 7.85. The molecule has 0 aliphatic carbocycles. The summed E-state index contributed by atoms with van der Waals surface area (Å²) in [6.45, 7) is 0. The fourth-order valence-electron chi connectivity index (χ4n) is 2.62. The first-order chi connectivity index (χ1) is 15.9. The van der Waals surface area contributed by atoms with Crippen molar-refractivity contribution in [1.29, 1.82) is 0 Å². The highest BCUT2D eigenvalue weighted by molar-refractivity contribution is 7.95. The molecule has 12 heteroatoms. The lowest BCUT2D eigenvalue weighted by molar-refractivity contribution is 0.378. The van der Waals surface area contributed by atoms with Gasteiger partial charge in [0.1, 0.15) is 0 Å². The van der Waals surface area contributed by atoms with Crippen molar-refractivity contribution in [2.45, 2.75) is 0 Å². The lowest BCUT2D eigenvalue weighted by Crippen LogP contribution is -2.13. The number of thiophene rings is 1. The second-order valence-electron chi connectivity index (χ2n) is 6.35. The van der Waals surface area contributed by atoms with Gasteiger partial charge in [0, 0.05) is 12.4 Å². The van der Waals surface area contributed by atoms with Crippen LogP contribution in [0.15, 0.2) is 65.0 Å². The molecule has 3 aromatic heterocycles. The van der Waals surface area contributed by atoms with Crippen LogP contribution in [0.25, 0.3) is 17.7 Å². The fourth-order valence-corrected chi connectivity index (χ4v) is 4.27. The second-order valence-corrected chi connectivity index (χ2v) is 9.05. The van der Waals surface area contributed by atoms with Gasteiger partial charge in [0.15, 0.2) is 28.3 Å². The summed E-state index contributed by atoms with van der Waals surface area (Å²) in [6, 6.07) is 10.2. The molecule has 4 aromatic rings. The molecule has 3 heterocycles. The number of methoxy groups -OCH3 is 1. The van der Waals surface area contributed by atoms with Gasteiger partial charge in [-0.05, 0) is 46.7 Å². The number of halogens is 1. The van der Waals surface area contributed by atoms with Crippen molar-refractivity contribution < 1.29 is 17.9 Å². The van der Waals surface area contributed by atoms with Crippen LogP contribution in [0.1, 0.15) is 5.56 Å². The Morgan fingerprint density at radius 2 is 1.79 bits per heavy atom. The molecule has 0 bridgehead atoms. The Hall–Kier alpha value is -3.54. The predicted octanol–water partition coefficient (Wildman–Crippen LogP) is 4.86. The number of sulfonamides is 1. The molecule has 0 saturated heterocycles. The minimum atomic E-state index is -3.98. The molecular weight excluding hydrogens is 486 g/mol. The predicted molar refractivity (Wildman–Crippen MR) is 127 cm³/mol. The highest BCUT2D eigenvalue weighted by atomic mass is 35.5. The lowest BCUT2D eigenvalue weighted by Gasteiger charge is -2.15. The number of hydrogen-bond acceptors (Lipinski definition) is 9. The molecule has 0 spiro atoms. The van der Waals surface area contributed by atoms with Crippen LogP contribution in [-0.4, -0.2) is 35.5 Å². The SMILES string of the molecule is COc1ccccc1Oc1c(Cl)nc(-c2ncccn2)nc1NS(=O)(=O)C=Cc1ccsc1. The molecule has 0 aliphatic rings. The molecule has 0 radical (unpaired) electrons. The van der Waals surface area contributed by atoms with Crippen molar-refractivity contribution in [2.75, 3.05) is 11.8 Å². The second kappa shape index (κ2) is 9.94. The van der Waals surface area contributed by atoms with Crippen LogP contribution in [0.4, 0.5) is 5.82 Å². The molecule has 1 N–H and O–H groups in total. The summed E-state index contributed by atoms with van der Waals surface area (Å²) in [5, 5.41) is 4.54. The number of benzene rings is 1. The average molecular weight is 502 g/mol. The van der Waals surface area contributed by atoms with Gasteiger partial charge >= 0.3 is 0 Å². The van der Waals surface area contributed by atoms with Gasteiger partial charge in [0.2, 0.25) is 11.6 Å². The monoisotopic (exact) mass is 501 g/mol.